The maximum Gasteiger partial charge on any atom is 0.356 e. The van der Waals surface area contributed by atoms with Crippen LogP contribution in [0.15, 0.2) is 35.6 Å². The number of nitrogens with one attached hydrogen (secondary N) is 2. The number of benzene rings is 1. The van der Waals surface area contributed by atoms with Gasteiger partial charge in [0.15, 0.2) is 17.3 Å². The van der Waals surface area contributed by atoms with Gasteiger partial charge in [-0.2, -0.15) is 15.5 Å². The smallest absolute Gasteiger partial charge is 0.356 e. The molecule has 23 heavy (non-hydrogen) atoms. The van der Waals surface area contributed by atoms with Gasteiger partial charge in [0, 0.05) is 12.3 Å². The second kappa shape index (κ2) is 6.35. The number of amidine groups is 1. The molecule has 2 rings (SSSR count). The lowest BCUT2D eigenvalue weighted by Gasteiger charge is -2.06. The van der Waals surface area contributed by atoms with Crippen molar-refractivity contribution in [3.05, 3.63) is 42.0 Å². The van der Waals surface area contributed by atoms with Gasteiger partial charge in [-0.25, -0.2) is 13.9 Å². The summed E-state index contributed by atoms with van der Waals surface area (Å²) < 4.78 is 15.2. The summed E-state index contributed by atoms with van der Waals surface area (Å²) in [6.45, 7) is 0. The number of hydrogen-bond acceptors (Lipinski definition) is 6. The van der Waals surface area contributed by atoms with E-state index in [1.165, 1.54) is 24.4 Å². The zero-order valence-corrected chi connectivity index (χ0v) is 11.5. The summed E-state index contributed by atoms with van der Waals surface area (Å²) >= 11 is 0. The summed E-state index contributed by atoms with van der Waals surface area (Å²) in [6, 6.07) is 6.73. The zero-order chi connectivity index (χ0) is 17.0. The number of carboxylic acids is 1. The molecule has 0 aliphatic heterocycles. The van der Waals surface area contributed by atoms with Crippen LogP contribution in [-0.2, 0) is 0 Å². The van der Waals surface area contributed by atoms with Crippen molar-refractivity contribution in [1.82, 2.24) is 9.78 Å². The third kappa shape index (κ3) is 3.48. The molecule has 0 saturated carbocycles. The van der Waals surface area contributed by atoms with Crippen LogP contribution in [0.5, 0.6) is 0 Å². The van der Waals surface area contributed by atoms with E-state index in [0.717, 1.165) is 10.7 Å². The molecule has 0 radical (unpaired) electrons. The van der Waals surface area contributed by atoms with Crippen molar-refractivity contribution in [2.24, 2.45) is 10.8 Å². The predicted molar refractivity (Wildman–Crippen MR) is 79.1 cm³/mol. The van der Waals surface area contributed by atoms with Crippen molar-refractivity contribution >= 4 is 23.2 Å². The molecule has 0 atom stereocenters. The summed E-state index contributed by atoms with van der Waals surface area (Å²) in [5.74, 6) is -2.42. The summed E-state index contributed by atoms with van der Waals surface area (Å²) in [5.41, 5.74) is 7.23. The molecule has 5 N–H and O–H groups in total. The number of rotatable bonds is 5. The third-order valence-electron chi connectivity index (χ3n) is 2.66. The highest BCUT2D eigenvalue weighted by molar-refractivity contribution is 6.45. The number of carbonyl (C=O) groups is 1. The second-order valence-corrected chi connectivity index (χ2v) is 4.21. The van der Waals surface area contributed by atoms with Crippen LogP contribution < -0.4 is 11.2 Å². The number of nitrogens with zero attached hydrogens (tertiary/aromatic N) is 4. The molecule has 116 valence electrons. The minimum Gasteiger partial charge on any atom is -0.476 e. The Hall–Kier alpha value is -3.74. The number of halogens is 1. The fraction of sp³-hybridized carbons (Fsp3) is 0. The quantitative estimate of drug-likeness (QED) is 0.366. The molecule has 0 bridgehead atoms. The molecule has 0 aliphatic rings. The number of aromatic carboxylic acids is 1. The maximum absolute atomic E-state index is 14.1. The molecule has 0 spiro atoms. The highest BCUT2D eigenvalue weighted by Crippen LogP contribution is 2.18. The van der Waals surface area contributed by atoms with Crippen LogP contribution in [0.4, 0.5) is 10.1 Å². The number of hydrogen-bond donors (Lipinski definition) is 4. The van der Waals surface area contributed by atoms with E-state index < -0.39 is 17.6 Å². The summed E-state index contributed by atoms with van der Waals surface area (Å²) in [7, 11) is 0. The number of anilines is 1. The van der Waals surface area contributed by atoms with E-state index in [9.17, 15) is 9.18 Å². The van der Waals surface area contributed by atoms with Gasteiger partial charge in [-0.05, 0) is 18.2 Å². The highest BCUT2D eigenvalue weighted by Gasteiger charge is 2.11. The molecule has 0 amide bonds. The van der Waals surface area contributed by atoms with Crippen molar-refractivity contribution in [3.8, 4) is 11.8 Å². The molecule has 10 heteroatoms. The van der Waals surface area contributed by atoms with Gasteiger partial charge in [0.1, 0.15) is 11.8 Å². The molecule has 9 nitrogen and oxygen atoms in total. The van der Waals surface area contributed by atoms with Gasteiger partial charge in [0.05, 0.1) is 5.69 Å². The van der Waals surface area contributed by atoms with Gasteiger partial charge >= 0.3 is 5.97 Å². The molecular weight excluding hydrogens is 305 g/mol. The van der Waals surface area contributed by atoms with E-state index >= 15 is 0 Å². The number of nitriles is 1. The van der Waals surface area contributed by atoms with Crippen LogP contribution >= 0.6 is 0 Å². The molecule has 1 aromatic carbocycles. The monoisotopic (exact) mass is 315 g/mol. The van der Waals surface area contributed by atoms with Crippen LogP contribution in [0.3, 0.4) is 0 Å². The van der Waals surface area contributed by atoms with E-state index in [2.05, 4.69) is 15.6 Å². The first kappa shape index (κ1) is 15.6. The largest absolute Gasteiger partial charge is 0.476 e. The second-order valence-electron chi connectivity index (χ2n) is 4.21. The molecule has 1 aromatic heterocycles. The normalized spacial score (nSPS) is 10.9. The van der Waals surface area contributed by atoms with Gasteiger partial charge in [0.2, 0.25) is 5.71 Å². The minimum absolute atomic E-state index is 0.0408. The van der Waals surface area contributed by atoms with Gasteiger partial charge in [0.25, 0.3) is 0 Å². The average molecular weight is 315 g/mol. The Labute approximate surface area is 129 Å². The Morgan fingerprint density at radius 2 is 2.26 bits per heavy atom. The lowest BCUT2D eigenvalue weighted by atomic mass is 10.2. The van der Waals surface area contributed by atoms with E-state index in [-0.39, 0.29) is 22.8 Å². The Bertz CT molecular complexity index is 850. The van der Waals surface area contributed by atoms with Gasteiger partial charge < -0.3 is 10.8 Å². The fourth-order valence-electron chi connectivity index (χ4n) is 1.60. The Morgan fingerprint density at radius 1 is 1.52 bits per heavy atom. The standard InChI is InChI=1S/C13H10FN7O2/c14-8-5-7(18-19-10(6-15)12(16)17)1-2-11(8)21-4-3-9(20-21)13(22)23/h1-5,18H,(H3,16,17)(H,22,23)/b19-10+. The van der Waals surface area contributed by atoms with Crippen molar-refractivity contribution in [2.75, 3.05) is 5.43 Å². The van der Waals surface area contributed by atoms with Crippen LogP contribution in [0.2, 0.25) is 0 Å². The van der Waals surface area contributed by atoms with E-state index in [4.69, 9.17) is 21.5 Å². The first-order chi connectivity index (χ1) is 10.9. The molecule has 0 saturated heterocycles. The number of carboxylic acid groups (broad SMARTS) is 1. The topological polar surface area (TPSA) is 153 Å². The number of hydrazone groups is 1. The molecule has 0 aliphatic carbocycles. The van der Waals surface area contributed by atoms with Crippen LogP contribution in [0.25, 0.3) is 5.69 Å². The van der Waals surface area contributed by atoms with Crippen LogP contribution in [-0.4, -0.2) is 32.4 Å². The first-order valence-electron chi connectivity index (χ1n) is 6.09. The Kier molecular flexibility index (Phi) is 4.32. The van der Waals surface area contributed by atoms with Crippen LogP contribution in [0.1, 0.15) is 10.5 Å². The van der Waals surface area contributed by atoms with Gasteiger partial charge in [-0.15, -0.1) is 0 Å². The van der Waals surface area contributed by atoms with Crippen molar-refractivity contribution in [2.45, 2.75) is 0 Å². The van der Waals surface area contributed by atoms with Gasteiger partial charge in [-0.3, -0.25) is 10.8 Å². The Morgan fingerprint density at radius 3 is 2.78 bits per heavy atom. The summed E-state index contributed by atoms with van der Waals surface area (Å²) in [5, 5.41) is 31.9. The molecular formula is C13H10FN7O2. The molecule has 2 aromatic rings. The fourth-order valence-corrected chi connectivity index (χ4v) is 1.60. The molecule has 1 heterocycles. The lowest BCUT2D eigenvalue weighted by Crippen LogP contribution is -2.21. The van der Waals surface area contributed by atoms with Gasteiger partial charge in [-0.1, -0.05) is 0 Å². The van der Waals surface area contributed by atoms with E-state index in [1.54, 1.807) is 6.07 Å². The molecule has 0 unspecified atom stereocenters. The maximum atomic E-state index is 14.1. The third-order valence-corrected chi connectivity index (χ3v) is 2.66. The number of nitrogens with two attached hydrogens (primary N) is 1. The van der Waals surface area contributed by atoms with Crippen LogP contribution in [0, 0.1) is 22.6 Å². The van der Waals surface area contributed by atoms with Crippen molar-refractivity contribution in [3.63, 3.8) is 0 Å². The Balaban J connectivity index is 2.26. The number of aromatic nitrogens is 2. The summed E-state index contributed by atoms with van der Waals surface area (Å²) in [4.78, 5) is 10.8. The highest BCUT2D eigenvalue weighted by atomic mass is 19.1. The zero-order valence-electron chi connectivity index (χ0n) is 11.5. The lowest BCUT2D eigenvalue weighted by molar-refractivity contribution is 0.0690. The van der Waals surface area contributed by atoms with Crippen molar-refractivity contribution in [1.29, 1.82) is 10.7 Å². The molecule has 0 fully saturated rings. The average Bonchev–Trinajstić information content (AvgIpc) is 2.97. The van der Waals surface area contributed by atoms with E-state index in [0.29, 0.717) is 0 Å². The SMILES string of the molecule is N#C/C(=N\Nc1ccc(-n2ccc(C(=O)O)n2)c(F)c1)C(=N)N. The predicted octanol–water partition coefficient (Wildman–Crippen LogP) is 0.937. The van der Waals surface area contributed by atoms with E-state index in [1.807, 2.05) is 0 Å². The van der Waals surface area contributed by atoms with Crippen molar-refractivity contribution < 1.29 is 14.3 Å². The summed E-state index contributed by atoms with van der Waals surface area (Å²) in [6.07, 6.45) is 1.32. The minimum atomic E-state index is -1.22. The first-order valence-corrected chi connectivity index (χ1v) is 6.09.